The minimum Gasteiger partial charge on any atom is -0.394 e. The molecule has 13 aliphatic rings. The van der Waals surface area contributed by atoms with Crippen molar-refractivity contribution in [3.05, 3.63) is 184 Å². The van der Waals surface area contributed by atoms with Crippen LogP contribution in [0.25, 0.3) is 0 Å². The Hall–Kier alpha value is -9.72. The van der Waals surface area contributed by atoms with E-state index in [0.717, 1.165) is 151 Å². The van der Waals surface area contributed by atoms with Crippen LogP contribution < -0.4 is 56.8 Å². The third kappa shape index (κ3) is 25.2. The molecule has 7 unspecified atom stereocenters. The van der Waals surface area contributed by atoms with E-state index in [1.54, 1.807) is 36.9 Å². The number of halogens is 4. The fourth-order valence-electron chi connectivity index (χ4n) is 21.7. The van der Waals surface area contributed by atoms with Gasteiger partial charge in [-0.15, -0.1) is 0 Å². The minimum atomic E-state index is -0.210. The molecule has 4 aromatic heterocycles. The van der Waals surface area contributed by atoms with Gasteiger partial charge in [-0.1, -0.05) is 108 Å². The zero-order chi connectivity index (χ0) is 97.1. The first-order chi connectivity index (χ1) is 68.0. The third-order valence-corrected chi connectivity index (χ3v) is 32.6. The number of fused-ring (bicyclic) bond motifs is 3. The van der Waals surface area contributed by atoms with E-state index in [1.165, 1.54) is 109 Å². The Kier molecular flexibility index (Phi) is 32.9. The molecule has 8 aromatic rings. The second kappa shape index (κ2) is 45.9. The topological polar surface area (TPSA) is 386 Å². The van der Waals surface area contributed by atoms with Gasteiger partial charge >= 0.3 is 0 Å². The van der Waals surface area contributed by atoms with Gasteiger partial charge in [-0.05, 0) is 264 Å². The van der Waals surface area contributed by atoms with Crippen LogP contribution >= 0.6 is 46.4 Å². The summed E-state index contributed by atoms with van der Waals surface area (Å²) in [5, 5.41) is 72.1. The lowest BCUT2D eigenvalue weighted by atomic mass is 9.57. The van der Waals surface area contributed by atoms with Gasteiger partial charge in [0.2, 0.25) is 23.8 Å². The fraction of sp³-hybridized carbons (Fsp3) is 0.573. The van der Waals surface area contributed by atoms with Crippen LogP contribution in [0.2, 0.25) is 20.1 Å². The maximum atomic E-state index is 13.3. The normalized spacial score (nSPS) is 22.5. The summed E-state index contributed by atoms with van der Waals surface area (Å²) in [5.41, 5.74) is 9.28. The summed E-state index contributed by atoms with van der Waals surface area (Å²) in [6.07, 6.45) is 26.6. The number of likely N-dealkylation sites (tertiary alicyclic amines) is 3. The number of nitrogens with one attached hydrogen (secondary N) is 7. The van der Waals surface area contributed by atoms with Crippen LogP contribution in [0.1, 0.15) is 189 Å². The van der Waals surface area contributed by atoms with E-state index >= 15 is 0 Å². The summed E-state index contributed by atoms with van der Waals surface area (Å²) in [7, 11) is 4.27. The largest absolute Gasteiger partial charge is 0.394 e. The molecule has 140 heavy (non-hydrogen) atoms. The lowest BCUT2D eigenvalue weighted by Crippen LogP contribution is -2.48. The van der Waals surface area contributed by atoms with Crippen LogP contribution in [0.15, 0.2) is 97.6 Å². The van der Waals surface area contributed by atoms with E-state index < -0.39 is 0 Å². The number of piperazine rings is 1. The number of hydrogen-bond donors (Lipinski definition) is 12. The van der Waals surface area contributed by atoms with E-state index in [9.17, 15) is 44.7 Å². The van der Waals surface area contributed by atoms with Crippen molar-refractivity contribution >= 4 is 117 Å². The molecule has 0 bridgehead atoms. The number of benzene rings is 4. The first kappa shape index (κ1) is 100. The predicted molar refractivity (Wildman–Crippen MR) is 546 cm³/mol. The number of aliphatic hydroxyl groups is 5. The Bertz CT molecular complexity index is 5640. The number of carbonyl (C=O) groups excluding carboxylic acids is 4. The number of hydrogen-bond acceptors (Lipinski definition) is 29. The maximum absolute atomic E-state index is 13.3. The second-order valence-corrected chi connectivity index (χ2v) is 42.9. The van der Waals surface area contributed by atoms with Gasteiger partial charge in [-0.3, -0.25) is 19.2 Å². The van der Waals surface area contributed by atoms with E-state index in [-0.39, 0.29) is 62.7 Å². The molecule has 5 saturated carbocycles. The second-order valence-electron chi connectivity index (χ2n) is 41.2. The number of anilines is 8. The number of carbonyl (C=O) groups is 4. The number of likely N-dealkylation sites (N-methyl/N-ethyl adjacent to an activating group) is 1. The minimum absolute atomic E-state index is 0.0249. The van der Waals surface area contributed by atoms with E-state index in [0.29, 0.717) is 199 Å². The third-order valence-electron chi connectivity index (χ3n) is 31.2. The fourth-order valence-corrected chi connectivity index (χ4v) is 22.8. The van der Waals surface area contributed by atoms with Gasteiger partial charge in [0.1, 0.15) is 45.5 Å². The van der Waals surface area contributed by atoms with Crippen molar-refractivity contribution in [2.45, 2.75) is 161 Å². The molecule has 2 spiro atoms. The number of nitrogens with zero attached hydrogens (tertiary/aromatic N) is 17. The highest BCUT2D eigenvalue weighted by Gasteiger charge is 2.54. The molecule has 750 valence electrons. The van der Waals surface area contributed by atoms with Crippen molar-refractivity contribution in [2.24, 2.45) is 52.3 Å². The number of amides is 4. The van der Waals surface area contributed by atoms with Crippen LogP contribution in [-0.2, 0) is 52.6 Å². The van der Waals surface area contributed by atoms with Gasteiger partial charge in [-0.25, -0.2) is 19.9 Å². The van der Waals surface area contributed by atoms with Gasteiger partial charge in [-0.2, -0.15) is 19.9 Å². The molecular weight excluding hydrogens is 1860 g/mol. The molecule has 5 aliphatic carbocycles. The smallest absolute Gasteiger partial charge is 0.259 e. The molecule has 12 N–H and O–H groups in total. The maximum Gasteiger partial charge on any atom is 0.259 e. The molecule has 12 heterocycles. The number of aromatic nitrogens is 8. The highest BCUT2D eigenvalue weighted by Crippen LogP contribution is 2.55. The van der Waals surface area contributed by atoms with E-state index in [4.69, 9.17) is 66.3 Å². The lowest BCUT2D eigenvalue weighted by molar-refractivity contribution is -0.00584. The first-order valence-electron chi connectivity index (χ1n) is 50.6. The van der Waals surface area contributed by atoms with Gasteiger partial charge in [0.15, 0.2) is 0 Å². The monoisotopic (exact) mass is 1990 g/mol. The zero-order valence-electron chi connectivity index (χ0n) is 80.6. The highest BCUT2D eigenvalue weighted by atomic mass is 35.5. The molecule has 4 amide bonds. The SMILES string of the molecule is CN1CCC2(CC1)CC(CNC(=O)c1cnc(N3CC4CC4C3)nc1NCc1ccc(CO)c(Cl)c1)C2.CN1CCN(C(=O)c2cnc(N3CC4CC4C3)nc2NCc2ccc(CO)c(Cl)c2)CC1.O=C(NCCN1CCCCC1)c1cnc(N2CC3CC3C2CO)nc1NCc1ccc(CO)c(Cl)c1.O=C(NCCN1CCCCC1)c1cnc(N2CCC3(CC3)C2)nc1NCc1ccc(CO)c(Cl)c1. The summed E-state index contributed by atoms with van der Waals surface area (Å²) in [4.78, 5) is 110. The Morgan fingerprint density at radius 1 is 0.400 bits per heavy atom. The average Bonchev–Trinajstić information content (AvgIpc) is 1.59. The predicted octanol–water partition coefficient (Wildman–Crippen LogP) is 11.3. The Labute approximate surface area is 840 Å². The Morgan fingerprint density at radius 2 is 0.779 bits per heavy atom. The molecule has 33 nitrogen and oxygen atoms in total. The lowest BCUT2D eigenvalue weighted by Gasteiger charge is -2.52. The summed E-state index contributed by atoms with van der Waals surface area (Å²) in [6, 6.07) is 22.2. The molecule has 0 radical (unpaired) electrons. The molecule has 4 aromatic carbocycles. The molecular formula is C103H136Cl4N24O9. The van der Waals surface area contributed by atoms with Gasteiger partial charge in [0.25, 0.3) is 23.6 Å². The summed E-state index contributed by atoms with van der Waals surface area (Å²) < 4.78 is 0. The van der Waals surface area contributed by atoms with Crippen molar-refractivity contribution < 1.29 is 44.7 Å². The zero-order valence-corrected chi connectivity index (χ0v) is 83.6. The van der Waals surface area contributed by atoms with E-state index in [1.807, 2.05) is 65.6 Å². The standard InChI is InChI=1S/C28H37ClN6O2.C26H35ClN6O3.C26H35ClN6O2.C23H29ClN6O2/c1-34-6-4-28(5-7-34)10-19(11-28)13-31-26(37)23-14-32-27(35-15-21-9-22(21)16-35)33-25(23)30-12-18-2-3-20(17-36)24(29)8-18;27-22-10-17(4-5-18(22)15-34)12-29-24-21(25(36)28-6-9-32-7-2-1-3-8-32)13-30-26(31-24)33-14-19-11-20(19)23(33)16-35;27-22-14-19(4-5-20(22)17-34)15-29-23-21(24(35)28-9-13-32-10-2-1-3-11-32)16-30-25(31-23)33-12-8-26(18-33)6-7-26;1-28-4-6-29(7-5-28)22(32)19-11-26-23(30-12-17-9-18(17)13-30)27-21(19)25-10-15-2-3-16(14-31)20(24)8-15/h2-3,8,14,19,21-22,36H,4-7,9-13,15-17H2,1H3,(H,31,37)(H,30,32,33);4-5,10,13,19-20,23,34-35H,1-3,6-9,11-12,14-16H2,(H,28,36)(H,29,30,31);4-5,14,16,34H,1-3,6-13,15,17-18H2,(H,28,35)(H,29,30,31);2-3,8,11,17-18,31H,4-7,9-10,12-14H2,1H3,(H,25,26,27). The molecule has 13 fully saturated rings. The van der Waals surface area contributed by atoms with Gasteiger partial charge < -0.3 is 107 Å². The van der Waals surface area contributed by atoms with Crippen molar-refractivity contribution in [1.29, 1.82) is 0 Å². The van der Waals surface area contributed by atoms with Crippen molar-refractivity contribution in [3.8, 4) is 0 Å². The quantitative estimate of drug-likeness (QED) is 0.0182. The van der Waals surface area contributed by atoms with Crippen molar-refractivity contribution in [2.75, 3.05) is 206 Å². The average molecular weight is 2000 g/mol. The number of rotatable bonds is 33. The molecule has 8 aliphatic heterocycles. The summed E-state index contributed by atoms with van der Waals surface area (Å²) >= 11 is 25.1. The Morgan fingerprint density at radius 3 is 1.18 bits per heavy atom. The van der Waals surface area contributed by atoms with Crippen LogP contribution in [0.4, 0.5) is 47.1 Å². The highest BCUT2D eigenvalue weighted by molar-refractivity contribution is 6.32. The van der Waals surface area contributed by atoms with E-state index in [2.05, 4.69) is 110 Å². The van der Waals surface area contributed by atoms with Gasteiger partial charge in [0, 0.05) is 176 Å². The first-order valence-corrected chi connectivity index (χ1v) is 52.1. The van der Waals surface area contributed by atoms with Crippen LogP contribution in [0.3, 0.4) is 0 Å². The molecule has 8 saturated heterocycles. The van der Waals surface area contributed by atoms with Crippen LogP contribution in [0, 0.1) is 52.3 Å². The summed E-state index contributed by atoms with van der Waals surface area (Å²) in [6.45, 7) is 21.7. The summed E-state index contributed by atoms with van der Waals surface area (Å²) in [5.74, 6) is 8.85. The van der Waals surface area contributed by atoms with Gasteiger partial charge in [0.05, 0.1) is 39.1 Å². The molecule has 7 atom stereocenters. The Balaban J connectivity index is 0.000000124. The molecule has 37 heteroatoms. The van der Waals surface area contributed by atoms with Crippen molar-refractivity contribution in [3.63, 3.8) is 0 Å². The number of piperidine rings is 6. The molecule has 21 rings (SSSR count). The van der Waals surface area contributed by atoms with Crippen LogP contribution in [0.5, 0.6) is 0 Å². The number of aliphatic hydroxyl groups excluding tert-OH is 5. The van der Waals surface area contributed by atoms with Crippen LogP contribution in [-0.4, -0.2) is 284 Å². The van der Waals surface area contributed by atoms with Crippen molar-refractivity contribution in [1.82, 2.24) is 80.3 Å².